The Morgan fingerprint density at radius 2 is 1.41 bits per heavy atom. The van der Waals surface area contributed by atoms with Gasteiger partial charge in [0.25, 0.3) is 0 Å². The fraction of sp³-hybridized carbons (Fsp3) is 0.381. The average Bonchev–Trinajstić information content (AvgIpc) is 2.73. The molecule has 2 atom stereocenters. The molecule has 0 aliphatic heterocycles. The number of benzene rings is 1. The van der Waals surface area contributed by atoms with E-state index in [0.29, 0.717) is 13.0 Å². The third-order valence-electron chi connectivity index (χ3n) is 4.47. The Hall–Kier alpha value is -3.89. The zero-order chi connectivity index (χ0) is 24.1. The van der Waals surface area contributed by atoms with Crippen molar-refractivity contribution in [2.45, 2.75) is 44.2 Å². The Balaban J connectivity index is 2.45. The van der Waals surface area contributed by atoms with E-state index in [2.05, 4.69) is 17.2 Å². The summed E-state index contributed by atoms with van der Waals surface area (Å²) in [4.78, 5) is 57.0. The SMILES string of the molecule is C=Cc1ccc(CCNC(=O)CC[C@H](NC(=O)N[C@@H](CCC(=O)O)C(=O)O)C(=O)O)cc1. The summed E-state index contributed by atoms with van der Waals surface area (Å²) < 4.78 is 0. The quantitative estimate of drug-likeness (QED) is 0.241. The van der Waals surface area contributed by atoms with Gasteiger partial charge < -0.3 is 31.3 Å². The van der Waals surface area contributed by atoms with Crippen LogP contribution in [0.4, 0.5) is 4.79 Å². The van der Waals surface area contributed by atoms with Crippen LogP contribution in [0, 0.1) is 0 Å². The highest BCUT2D eigenvalue weighted by Crippen LogP contribution is 2.06. The molecule has 0 aromatic heterocycles. The molecule has 0 bridgehead atoms. The first-order chi connectivity index (χ1) is 15.1. The topological polar surface area (TPSA) is 182 Å². The lowest BCUT2D eigenvalue weighted by Gasteiger charge is -2.18. The van der Waals surface area contributed by atoms with Crippen LogP contribution in [0.2, 0.25) is 0 Å². The number of hydrogen-bond donors (Lipinski definition) is 6. The smallest absolute Gasteiger partial charge is 0.326 e. The summed E-state index contributed by atoms with van der Waals surface area (Å²) >= 11 is 0. The molecule has 0 radical (unpaired) electrons. The minimum absolute atomic E-state index is 0.173. The van der Waals surface area contributed by atoms with Crippen molar-refractivity contribution in [1.82, 2.24) is 16.0 Å². The van der Waals surface area contributed by atoms with Gasteiger partial charge in [0, 0.05) is 19.4 Å². The van der Waals surface area contributed by atoms with E-state index in [1.807, 2.05) is 29.6 Å². The summed E-state index contributed by atoms with van der Waals surface area (Å²) in [6, 6.07) is 3.60. The molecule has 0 saturated heterocycles. The molecule has 0 spiro atoms. The lowest BCUT2D eigenvalue weighted by atomic mass is 10.1. The lowest BCUT2D eigenvalue weighted by molar-refractivity contribution is -0.141. The van der Waals surface area contributed by atoms with Crippen molar-refractivity contribution in [2.24, 2.45) is 0 Å². The second-order valence-corrected chi connectivity index (χ2v) is 6.92. The minimum atomic E-state index is -1.50. The van der Waals surface area contributed by atoms with Crippen molar-refractivity contribution < 1.29 is 39.3 Å². The van der Waals surface area contributed by atoms with E-state index in [1.54, 1.807) is 6.08 Å². The highest BCUT2D eigenvalue weighted by Gasteiger charge is 2.25. The first kappa shape index (κ1) is 26.1. The third-order valence-corrected chi connectivity index (χ3v) is 4.47. The maximum atomic E-state index is 12.0. The summed E-state index contributed by atoms with van der Waals surface area (Å²) in [5.74, 6) is -4.48. The fourth-order valence-corrected chi connectivity index (χ4v) is 2.67. The van der Waals surface area contributed by atoms with Gasteiger partial charge in [-0.1, -0.05) is 36.9 Å². The summed E-state index contributed by atoms with van der Waals surface area (Å²) in [5, 5.41) is 33.7. The summed E-state index contributed by atoms with van der Waals surface area (Å²) in [7, 11) is 0. The summed E-state index contributed by atoms with van der Waals surface area (Å²) in [6.07, 6.45) is 1.06. The molecule has 174 valence electrons. The van der Waals surface area contributed by atoms with Crippen LogP contribution >= 0.6 is 0 Å². The van der Waals surface area contributed by atoms with Crippen molar-refractivity contribution in [1.29, 1.82) is 0 Å². The maximum absolute atomic E-state index is 12.0. The number of aliphatic carboxylic acids is 3. The highest BCUT2D eigenvalue weighted by molar-refractivity contribution is 5.86. The molecular formula is C21H27N3O8. The van der Waals surface area contributed by atoms with Crippen molar-refractivity contribution in [2.75, 3.05) is 6.54 Å². The maximum Gasteiger partial charge on any atom is 0.326 e. The van der Waals surface area contributed by atoms with E-state index in [0.717, 1.165) is 11.1 Å². The fourth-order valence-electron chi connectivity index (χ4n) is 2.67. The second-order valence-electron chi connectivity index (χ2n) is 6.92. The molecule has 11 heteroatoms. The molecule has 1 rings (SSSR count). The van der Waals surface area contributed by atoms with Crippen LogP contribution in [0.15, 0.2) is 30.8 Å². The van der Waals surface area contributed by atoms with Crippen molar-refractivity contribution in [3.8, 4) is 0 Å². The van der Waals surface area contributed by atoms with Crippen LogP contribution in [0.5, 0.6) is 0 Å². The van der Waals surface area contributed by atoms with Crippen LogP contribution in [0.3, 0.4) is 0 Å². The van der Waals surface area contributed by atoms with Crippen LogP contribution in [-0.2, 0) is 25.6 Å². The van der Waals surface area contributed by atoms with Crippen LogP contribution in [0.1, 0.15) is 36.8 Å². The van der Waals surface area contributed by atoms with Gasteiger partial charge in [-0.05, 0) is 30.4 Å². The molecule has 0 aliphatic rings. The van der Waals surface area contributed by atoms with Crippen molar-refractivity contribution >= 4 is 35.9 Å². The van der Waals surface area contributed by atoms with Gasteiger partial charge in [0.2, 0.25) is 5.91 Å². The van der Waals surface area contributed by atoms with Crippen LogP contribution in [-0.4, -0.2) is 63.8 Å². The number of rotatable bonds is 14. The molecule has 3 amide bonds. The largest absolute Gasteiger partial charge is 0.481 e. The normalized spacial score (nSPS) is 12.1. The van der Waals surface area contributed by atoms with Gasteiger partial charge in [-0.2, -0.15) is 0 Å². The van der Waals surface area contributed by atoms with E-state index < -0.39 is 48.4 Å². The molecule has 1 aromatic rings. The van der Waals surface area contributed by atoms with Gasteiger partial charge in [0.1, 0.15) is 12.1 Å². The minimum Gasteiger partial charge on any atom is -0.481 e. The number of carboxylic acid groups (broad SMARTS) is 3. The van der Waals surface area contributed by atoms with Gasteiger partial charge in [-0.25, -0.2) is 14.4 Å². The van der Waals surface area contributed by atoms with E-state index in [-0.39, 0.29) is 19.3 Å². The molecule has 0 aliphatic carbocycles. The number of amides is 3. The average molecular weight is 449 g/mol. The molecular weight excluding hydrogens is 422 g/mol. The zero-order valence-corrected chi connectivity index (χ0v) is 17.4. The van der Waals surface area contributed by atoms with Gasteiger partial charge in [0.15, 0.2) is 0 Å². The molecule has 32 heavy (non-hydrogen) atoms. The molecule has 0 fully saturated rings. The number of carbonyl (C=O) groups is 5. The Labute approximate surface area is 184 Å². The van der Waals surface area contributed by atoms with E-state index >= 15 is 0 Å². The molecule has 1 aromatic carbocycles. The van der Waals surface area contributed by atoms with E-state index in [1.165, 1.54) is 0 Å². The first-order valence-electron chi connectivity index (χ1n) is 9.85. The predicted molar refractivity (Wildman–Crippen MR) is 114 cm³/mol. The number of hydrogen-bond acceptors (Lipinski definition) is 5. The standard InChI is InChI=1S/C21H27N3O8/c1-2-13-3-5-14(6-4-13)11-12-22-17(25)9-7-15(19(28)29)23-21(32)24-16(20(30)31)8-10-18(26)27/h2-6,15-16H,1,7-12H2,(H,22,25)(H,26,27)(H,28,29)(H,30,31)(H2,23,24,32)/t15-,16-/m0/s1. The predicted octanol–water partition coefficient (Wildman–Crippen LogP) is 0.839. The lowest BCUT2D eigenvalue weighted by Crippen LogP contribution is -2.51. The van der Waals surface area contributed by atoms with E-state index in [4.69, 9.17) is 10.2 Å². The second kappa shape index (κ2) is 13.4. The zero-order valence-electron chi connectivity index (χ0n) is 17.4. The number of carboxylic acids is 3. The third kappa shape index (κ3) is 10.2. The van der Waals surface area contributed by atoms with Gasteiger partial charge >= 0.3 is 23.9 Å². The Morgan fingerprint density at radius 3 is 1.88 bits per heavy atom. The Morgan fingerprint density at radius 1 is 0.875 bits per heavy atom. The highest BCUT2D eigenvalue weighted by atomic mass is 16.4. The molecule has 11 nitrogen and oxygen atoms in total. The molecule has 6 N–H and O–H groups in total. The monoisotopic (exact) mass is 449 g/mol. The summed E-state index contributed by atoms with van der Waals surface area (Å²) in [6.45, 7) is 4.02. The van der Waals surface area contributed by atoms with Crippen LogP contribution < -0.4 is 16.0 Å². The van der Waals surface area contributed by atoms with Crippen LogP contribution in [0.25, 0.3) is 6.08 Å². The van der Waals surface area contributed by atoms with E-state index in [9.17, 15) is 29.1 Å². The molecule has 0 unspecified atom stereocenters. The summed E-state index contributed by atoms with van der Waals surface area (Å²) in [5.41, 5.74) is 1.99. The first-order valence-corrected chi connectivity index (χ1v) is 9.85. The Kier molecular flexibility index (Phi) is 11.0. The van der Waals surface area contributed by atoms with Gasteiger partial charge in [-0.15, -0.1) is 0 Å². The number of urea groups is 1. The van der Waals surface area contributed by atoms with Crippen molar-refractivity contribution in [3.63, 3.8) is 0 Å². The molecule has 0 heterocycles. The molecule has 0 saturated carbocycles. The van der Waals surface area contributed by atoms with Crippen molar-refractivity contribution in [3.05, 3.63) is 42.0 Å². The number of nitrogens with one attached hydrogen (secondary N) is 3. The Bertz CT molecular complexity index is 838. The van der Waals surface area contributed by atoms with Gasteiger partial charge in [-0.3, -0.25) is 9.59 Å². The van der Waals surface area contributed by atoms with Gasteiger partial charge in [0.05, 0.1) is 0 Å². The number of carbonyl (C=O) groups excluding carboxylic acids is 2.